The maximum Gasteiger partial charge on any atom is 0.425 e. The van der Waals surface area contributed by atoms with E-state index in [1.165, 1.54) is 56.0 Å². The molecular formula is C36H45F3N2O5. The summed E-state index contributed by atoms with van der Waals surface area (Å²) in [4.78, 5) is 33.4. The van der Waals surface area contributed by atoms with E-state index in [0.29, 0.717) is 47.7 Å². The lowest BCUT2D eigenvalue weighted by molar-refractivity contribution is -0.206. The third-order valence-corrected chi connectivity index (χ3v) is 7.77. The Morgan fingerprint density at radius 3 is 1.93 bits per heavy atom. The molecule has 0 aliphatic heterocycles. The number of ether oxygens (including phenoxy) is 2. The number of carboxylic acids is 1. The highest BCUT2D eigenvalue weighted by atomic mass is 19.4. The van der Waals surface area contributed by atoms with Crippen molar-refractivity contribution in [1.29, 1.82) is 0 Å². The van der Waals surface area contributed by atoms with Gasteiger partial charge < -0.3 is 14.6 Å². The van der Waals surface area contributed by atoms with Gasteiger partial charge in [-0.05, 0) is 54.7 Å². The quantitative estimate of drug-likeness (QED) is 0.0967. The van der Waals surface area contributed by atoms with Crippen molar-refractivity contribution in [3.8, 4) is 28.3 Å². The third kappa shape index (κ3) is 11.8. The predicted octanol–water partition coefficient (Wildman–Crippen LogP) is 10.1. The van der Waals surface area contributed by atoms with Gasteiger partial charge in [0.1, 0.15) is 0 Å². The second-order valence-electron chi connectivity index (χ2n) is 11.5. The molecule has 46 heavy (non-hydrogen) atoms. The van der Waals surface area contributed by atoms with Gasteiger partial charge >= 0.3 is 18.1 Å². The van der Waals surface area contributed by atoms with Crippen LogP contribution in [-0.4, -0.2) is 45.9 Å². The monoisotopic (exact) mass is 642 g/mol. The molecular weight excluding hydrogens is 597 g/mol. The molecule has 0 bridgehead atoms. The van der Waals surface area contributed by atoms with Gasteiger partial charge in [0.15, 0.2) is 17.7 Å². The first-order valence-electron chi connectivity index (χ1n) is 16.3. The standard InChI is InChI=1S/C36H45F3N2O5/c1-3-5-7-9-11-13-15-32(36(37,38)39)46-35(44)27-18-16-26(17-19-27)31-23-28(20-21-30(31)34(42)43)33-40-24-29(25-41-33)45-22-14-12-10-8-6-4-2/h16-21,23-25,32H,3-15,22H2,1-2H3,(H,42,43)/t32-/m1/s1. The number of benzene rings is 2. The van der Waals surface area contributed by atoms with Crippen LogP contribution >= 0.6 is 0 Å². The van der Waals surface area contributed by atoms with Crippen LogP contribution in [0.15, 0.2) is 54.9 Å². The lowest BCUT2D eigenvalue weighted by Crippen LogP contribution is -2.33. The van der Waals surface area contributed by atoms with E-state index in [-0.39, 0.29) is 17.5 Å². The lowest BCUT2D eigenvalue weighted by atomic mass is 9.96. The van der Waals surface area contributed by atoms with E-state index in [9.17, 15) is 27.9 Å². The molecule has 1 heterocycles. The second kappa shape index (κ2) is 18.9. The van der Waals surface area contributed by atoms with Gasteiger partial charge in [-0.1, -0.05) is 96.3 Å². The van der Waals surface area contributed by atoms with Gasteiger partial charge in [0, 0.05) is 5.56 Å². The Kier molecular flexibility index (Phi) is 15.0. The summed E-state index contributed by atoms with van der Waals surface area (Å²) in [5, 5.41) is 9.81. The number of unbranched alkanes of at least 4 members (excludes halogenated alkanes) is 10. The Morgan fingerprint density at radius 2 is 1.35 bits per heavy atom. The Morgan fingerprint density at radius 1 is 0.783 bits per heavy atom. The molecule has 0 saturated carbocycles. The summed E-state index contributed by atoms with van der Waals surface area (Å²) >= 11 is 0. The number of nitrogens with zero attached hydrogens (tertiary/aromatic N) is 2. The molecule has 1 atom stereocenters. The number of aromatic carboxylic acids is 1. The van der Waals surface area contributed by atoms with Gasteiger partial charge in [-0.2, -0.15) is 13.2 Å². The number of aromatic nitrogens is 2. The van der Waals surface area contributed by atoms with Crippen LogP contribution in [0, 0.1) is 0 Å². The number of alkyl halides is 3. The fraction of sp³-hybridized carbons (Fsp3) is 0.500. The summed E-state index contributed by atoms with van der Waals surface area (Å²) in [5.74, 6) is -1.33. The molecule has 2 aromatic carbocycles. The Hall–Kier alpha value is -3.95. The average molecular weight is 643 g/mol. The second-order valence-corrected chi connectivity index (χ2v) is 11.5. The molecule has 7 nitrogen and oxygen atoms in total. The van der Waals surface area contributed by atoms with Crippen molar-refractivity contribution in [1.82, 2.24) is 9.97 Å². The minimum atomic E-state index is -4.67. The predicted molar refractivity (Wildman–Crippen MR) is 172 cm³/mol. The highest BCUT2D eigenvalue weighted by Gasteiger charge is 2.42. The van der Waals surface area contributed by atoms with Crippen molar-refractivity contribution < 1.29 is 37.3 Å². The van der Waals surface area contributed by atoms with Crippen molar-refractivity contribution in [3.63, 3.8) is 0 Å². The number of carbonyl (C=O) groups is 2. The molecule has 0 radical (unpaired) electrons. The zero-order valence-electron chi connectivity index (χ0n) is 26.8. The van der Waals surface area contributed by atoms with E-state index < -0.39 is 24.2 Å². The van der Waals surface area contributed by atoms with Crippen LogP contribution in [0.4, 0.5) is 13.2 Å². The van der Waals surface area contributed by atoms with Gasteiger partial charge in [-0.25, -0.2) is 19.6 Å². The molecule has 1 N–H and O–H groups in total. The first-order chi connectivity index (χ1) is 22.1. The van der Waals surface area contributed by atoms with Crippen LogP contribution < -0.4 is 4.74 Å². The van der Waals surface area contributed by atoms with Gasteiger partial charge in [-0.3, -0.25) is 0 Å². The number of carbonyl (C=O) groups excluding carboxylic acids is 1. The fourth-order valence-electron chi connectivity index (χ4n) is 5.10. The molecule has 0 unspecified atom stereocenters. The van der Waals surface area contributed by atoms with Crippen LogP contribution in [-0.2, 0) is 4.74 Å². The average Bonchev–Trinajstić information content (AvgIpc) is 3.05. The van der Waals surface area contributed by atoms with Crippen molar-refractivity contribution >= 4 is 11.9 Å². The van der Waals surface area contributed by atoms with E-state index in [2.05, 4.69) is 23.8 Å². The molecule has 3 rings (SSSR count). The summed E-state index contributed by atoms with van der Waals surface area (Å²) in [6, 6.07) is 10.3. The third-order valence-electron chi connectivity index (χ3n) is 7.77. The topological polar surface area (TPSA) is 98.6 Å². The summed E-state index contributed by atoms with van der Waals surface area (Å²) in [6.07, 6.45) is 7.79. The van der Waals surface area contributed by atoms with E-state index in [1.807, 2.05) is 0 Å². The van der Waals surface area contributed by atoms with Gasteiger partial charge in [0.05, 0.1) is 30.1 Å². The number of esters is 1. The maximum atomic E-state index is 13.6. The van der Waals surface area contributed by atoms with Crippen LogP contribution in [0.1, 0.15) is 118 Å². The highest BCUT2D eigenvalue weighted by molar-refractivity contribution is 5.97. The Bertz CT molecular complexity index is 1360. The molecule has 0 saturated heterocycles. The molecule has 0 aliphatic rings. The number of hydrogen-bond acceptors (Lipinski definition) is 6. The largest absolute Gasteiger partial charge is 0.490 e. The zero-order valence-corrected chi connectivity index (χ0v) is 26.8. The number of halogens is 3. The zero-order chi connectivity index (χ0) is 33.4. The van der Waals surface area contributed by atoms with Gasteiger partial charge in [0.25, 0.3) is 0 Å². The summed E-state index contributed by atoms with van der Waals surface area (Å²) < 4.78 is 51.4. The van der Waals surface area contributed by atoms with Crippen LogP contribution in [0.25, 0.3) is 22.5 Å². The smallest absolute Gasteiger partial charge is 0.425 e. The van der Waals surface area contributed by atoms with Gasteiger partial charge in [-0.15, -0.1) is 0 Å². The SMILES string of the molecule is CCCCCCCCOc1cnc(-c2ccc(C(=O)O)c(-c3ccc(C(=O)O[C@H](CCCCCCCC)C(F)(F)F)cc3)c2)nc1. The number of carboxylic acid groups (broad SMARTS) is 1. The summed E-state index contributed by atoms with van der Waals surface area (Å²) in [7, 11) is 0. The van der Waals surface area contributed by atoms with E-state index >= 15 is 0 Å². The molecule has 0 amide bonds. The highest BCUT2D eigenvalue weighted by Crippen LogP contribution is 2.31. The molecule has 0 fully saturated rings. The Balaban J connectivity index is 1.67. The molecule has 1 aromatic heterocycles. The maximum absolute atomic E-state index is 13.6. The van der Waals surface area contributed by atoms with Crippen LogP contribution in [0.2, 0.25) is 0 Å². The van der Waals surface area contributed by atoms with E-state index in [1.54, 1.807) is 24.5 Å². The van der Waals surface area contributed by atoms with Crippen molar-refractivity contribution in [3.05, 3.63) is 66.0 Å². The molecule has 250 valence electrons. The molecule has 0 spiro atoms. The van der Waals surface area contributed by atoms with Crippen molar-refractivity contribution in [2.75, 3.05) is 6.61 Å². The van der Waals surface area contributed by atoms with Gasteiger partial charge in [0.2, 0.25) is 0 Å². The minimum Gasteiger partial charge on any atom is -0.490 e. The lowest BCUT2D eigenvalue weighted by Gasteiger charge is -2.21. The van der Waals surface area contributed by atoms with E-state index in [0.717, 1.165) is 38.5 Å². The number of rotatable bonds is 20. The number of hydrogen-bond donors (Lipinski definition) is 1. The van der Waals surface area contributed by atoms with Crippen molar-refractivity contribution in [2.45, 2.75) is 110 Å². The molecule has 0 aliphatic carbocycles. The Labute approximate surface area is 269 Å². The normalized spacial score (nSPS) is 12.1. The van der Waals surface area contributed by atoms with Crippen LogP contribution in [0.3, 0.4) is 0 Å². The van der Waals surface area contributed by atoms with Crippen molar-refractivity contribution in [2.24, 2.45) is 0 Å². The molecule has 10 heteroatoms. The fourth-order valence-corrected chi connectivity index (χ4v) is 5.10. The minimum absolute atomic E-state index is 0.00837. The summed E-state index contributed by atoms with van der Waals surface area (Å²) in [6.45, 7) is 4.83. The molecule has 3 aromatic rings. The van der Waals surface area contributed by atoms with E-state index in [4.69, 9.17) is 9.47 Å². The summed E-state index contributed by atoms with van der Waals surface area (Å²) in [5.41, 5.74) is 1.30. The first-order valence-corrected chi connectivity index (χ1v) is 16.3. The first kappa shape index (κ1) is 36.5. The van der Waals surface area contributed by atoms with Crippen LogP contribution in [0.5, 0.6) is 5.75 Å².